The predicted molar refractivity (Wildman–Crippen MR) is 78.5 cm³/mol. The number of rotatable bonds is 2. The molecule has 116 valence electrons. The molecule has 0 fully saturated rings. The molecule has 0 saturated carbocycles. The predicted octanol–water partition coefficient (Wildman–Crippen LogP) is 2.44. The molecule has 3 rings (SSSR count). The third-order valence-electron chi connectivity index (χ3n) is 3.22. The molecule has 0 unspecified atom stereocenters. The highest BCUT2D eigenvalue weighted by Gasteiger charge is 2.18. The molecule has 0 radical (unpaired) electrons. The second kappa shape index (κ2) is 5.60. The first-order chi connectivity index (χ1) is 11.0. The molecule has 0 aliphatic carbocycles. The second-order valence-corrected chi connectivity index (χ2v) is 4.84. The van der Waals surface area contributed by atoms with Crippen LogP contribution >= 0.6 is 0 Å². The Labute approximate surface area is 128 Å². The molecular weight excluding hydrogens is 306 g/mol. The average molecular weight is 316 g/mol. The minimum atomic E-state index is -1.08. The fourth-order valence-corrected chi connectivity index (χ4v) is 2.08. The van der Waals surface area contributed by atoms with Crippen LogP contribution in [0.1, 0.15) is 5.56 Å². The smallest absolute Gasteiger partial charge is 0.389 e. The van der Waals surface area contributed by atoms with Crippen molar-refractivity contribution in [2.45, 2.75) is 6.92 Å². The van der Waals surface area contributed by atoms with Crippen LogP contribution in [-0.4, -0.2) is 9.55 Å². The van der Waals surface area contributed by atoms with Crippen LogP contribution in [-0.2, 0) is 0 Å². The van der Waals surface area contributed by atoms with Gasteiger partial charge in [0.1, 0.15) is 17.2 Å². The highest BCUT2D eigenvalue weighted by Crippen LogP contribution is 2.22. The van der Waals surface area contributed by atoms with E-state index in [9.17, 15) is 18.4 Å². The largest absolute Gasteiger partial charge is 0.429 e. The normalized spacial score (nSPS) is 10.7. The van der Waals surface area contributed by atoms with Crippen molar-refractivity contribution in [3.05, 3.63) is 80.7 Å². The maximum absolute atomic E-state index is 13.7. The van der Waals surface area contributed by atoms with Gasteiger partial charge in [-0.1, -0.05) is 23.8 Å². The monoisotopic (exact) mass is 316 g/mol. The molecule has 5 nitrogen and oxygen atoms in total. The topological polar surface area (TPSA) is 65.1 Å². The fourth-order valence-electron chi connectivity index (χ4n) is 2.08. The lowest BCUT2D eigenvalue weighted by Gasteiger charge is -2.06. The van der Waals surface area contributed by atoms with E-state index in [1.165, 1.54) is 0 Å². The molecular formula is C16H10F2N2O3. The second-order valence-electron chi connectivity index (χ2n) is 4.84. The summed E-state index contributed by atoms with van der Waals surface area (Å²) in [5.41, 5.74) is -0.452. The van der Waals surface area contributed by atoms with E-state index in [4.69, 9.17) is 4.42 Å². The number of halogens is 2. The Hall–Kier alpha value is -3.09. The van der Waals surface area contributed by atoms with Gasteiger partial charge < -0.3 is 4.42 Å². The van der Waals surface area contributed by atoms with Gasteiger partial charge in [0.2, 0.25) is 5.89 Å². The third-order valence-corrected chi connectivity index (χ3v) is 3.22. The Morgan fingerprint density at radius 1 is 1.00 bits per heavy atom. The molecule has 0 aliphatic rings. The molecule has 2 aromatic carbocycles. The quantitative estimate of drug-likeness (QED) is 0.728. The molecule has 7 heteroatoms. The first-order valence-corrected chi connectivity index (χ1v) is 6.63. The molecule has 0 aliphatic heterocycles. The molecule has 0 amide bonds. The summed E-state index contributed by atoms with van der Waals surface area (Å²) < 4.78 is 33.0. The molecule has 0 N–H and O–H groups in total. The lowest BCUT2D eigenvalue weighted by atomic mass is 10.2. The molecule has 0 bridgehead atoms. The van der Waals surface area contributed by atoms with Gasteiger partial charge in [0.05, 0.1) is 5.69 Å². The van der Waals surface area contributed by atoms with Crippen LogP contribution in [0, 0.1) is 18.6 Å². The van der Waals surface area contributed by atoms with Crippen LogP contribution in [0.4, 0.5) is 8.78 Å². The van der Waals surface area contributed by atoms with E-state index in [0.29, 0.717) is 4.57 Å². The van der Waals surface area contributed by atoms with E-state index < -0.39 is 34.5 Å². The Bertz CT molecular complexity index is 940. The number of aryl methyl sites for hydroxylation is 1. The van der Waals surface area contributed by atoms with Gasteiger partial charge in [0, 0.05) is 0 Å². The van der Waals surface area contributed by atoms with Crippen molar-refractivity contribution in [3.63, 3.8) is 0 Å². The maximum Gasteiger partial charge on any atom is 0.429 e. The van der Waals surface area contributed by atoms with E-state index in [0.717, 1.165) is 23.8 Å². The van der Waals surface area contributed by atoms with Crippen molar-refractivity contribution in [1.29, 1.82) is 0 Å². The molecule has 3 aromatic rings. The molecule has 0 saturated heterocycles. The van der Waals surface area contributed by atoms with Crippen molar-refractivity contribution in [2.24, 2.45) is 0 Å². The van der Waals surface area contributed by atoms with Gasteiger partial charge in [-0.2, -0.15) is 9.55 Å². The fraction of sp³-hybridized carbons (Fsp3) is 0.0625. The standard InChI is InChI=1S/C16H10F2N2O3/c1-9-5-7-10(8-6-9)20-15(21)19-14(23-16(20)22)13-11(17)3-2-4-12(13)18/h2-8H,1H3. The SMILES string of the molecule is Cc1ccc(-n2c(=O)nc(-c3c(F)cccc3F)oc2=O)cc1. The Morgan fingerprint density at radius 2 is 1.61 bits per heavy atom. The van der Waals surface area contributed by atoms with Gasteiger partial charge in [0.25, 0.3) is 0 Å². The minimum absolute atomic E-state index is 0.252. The zero-order valence-corrected chi connectivity index (χ0v) is 11.9. The summed E-state index contributed by atoms with van der Waals surface area (Å²) in [4.78, 5) is 27.6. The van der Waals surface area contributed by atoms with E-state index in [-0.39, 0.29) is 5.69 Å². The lowest BCUT2D eigenvalue weighted by molar-refractivity contribution is 0.440. The molecule has 1 aromatic heterocycles. The third kappa shape index (κ3) is 2.68. The summed E-state index contributed by atoms with van der Waals surface area (Å²) in [5, 5.41) is 0. The van der Waals surface area contributed by atoms with Crippen molar-refractivity contribution < 1.29 is 13.2 Å². The molecule has 1 heterocycles. The van der Waals surface area contributed by atoms with Gasteiger partial charge in [-0.15, -0.1) is 0 Å². The zero-order valence-electron chi connectivity index (χ0n) is 11.9. The van der Waals surface area contributed by atoms with Gasteiger partial charge in [-0.3, -0.25) is 0 Å². The summed E-state index contributed by atoms with van der Waals surface area (Å²) >= 11 is 0. The van der Waals surface area contributed by atoms with E-state index in [2.05, 4.69) is 4.98 Å². The Kier molecular flexibility index (Phi) is 3.61. The molecule has 0 atom stereocenters. The average Bonchev–Trinajstić information content (AvgIpc) is 2.48. The van der Waals surface area contributed by atoms with Crippen LogP contribution in [0.15, 0.2) is 56.5 Å². The summed E-state index contributed by atoms with van der Waals surface area (Å²) in [6.45, 7) is 1.84. The van der Waals surface area contributed by atoms with Crippen LogP contribution in [0.5, 0.6) is 0 Å². The van der Waals surface area contributed by atoms with Crippen molar-refractivity contribution in [1.82, 2.24) is 9.55 Å². The van der Waals surface area contributed by atoms with E-state index >= 15 is 0 Å². The van der Waals surface area contributed by atoms with Crippen molar-refractivity contribution in [2.75, 3.05) is 0 Å². The van der Waals surface area contributed by atoms with Gasteiger partial charge in [-0.25, -0.2) is 18.4 Å². The first-order valence-electron chi connectivity index (χ1n) is 6.63. The van der Waals surface area contributed by atoms with Gasteiger partial charge >= 0.3 is 11.4 Å². The van der Waals surface area contributed by atoms with Crippen LogP contribution in [0.25, 0.3) is 17.1 Å². The lowest BCUT2D eigenvalue weighted by Crippen LogP contribution is -2.33. The van der Waals surface area contributed by atoms with E-state index in [1.54, 1.807) is 24.3 Å². The highest BCUT2D eigenvalue weighted by atomic mass is 19.1. The summed E-state index contributed by atoms with van der Waals surface area (Å²) in [5.74, 6) is -3.73. The summed E-state index contributed by atoms with van der Waals surface area (Å²) in [6.07, 6.45) is 0. The highest BCUT2D eigenvalue weighted by molar-refractivity contribution is 5.54. The van der Waals surface area contributed by atoms with E-state index in [1.807, 2.05) is 6.92 Å². The summed E-state index contributed by atoms with van der Waals surface area (Å²) in [7, 11) is 0. The number of benzene rings is 2. The minimum Gasteiger partial charge on any atom is -0.389 e. The van der Waals surface area contributed by atoms with Gasteiger partial charge in [0.15, 0.2) is 0 Å². The zero-order chi connectivity index (χ0) is 16.6. The first kappa shape index (κ1) is 14.8. The number of hydrogen-bond donors (Lipinski definition) is 0. The van der Waals surface area contributed by atoms with Crippen LogP contribution < -0.4 is 11.4 Å². The van der Waals surface area contributed by atoms with Crippen LogP contribution in [0.2, 0.25) is 0 Å². The van der Waals surface area contributed by atoms with Crippen molar-refractivity contribution >= 4 is 0 Å². The number of hydrogen-bond acceptors (Lipinski definition) is 4. The number of aromatic nitrogens is 2. The Morgan fingerprint density at radius 3 is 2.17 bits per heavy atom. The molecule has 23 heavy (non-hydrogen) atoms. The molecule has 0 spiro atoms. The van der Waals surface area contributed by atoms with Crippen LogP contribution in [0.3, 0.4) is 0 Å². The van der Waals surface area contributed by atoms with Crippen molar-refractivity contribution in [3.8, 4) is 17.1 Å². The Balaban J connectivity index is 2.21. The van der Waals surface area contributed by atoms with Gasteiger partial charge in [-0.05, 0) is 31.2 Å². The maximum atomic E-state index is 13.7. The number of nitrogens with zero attached hydrogens (tertiary/aromatic N) is 2. The summed E-state index contributed by atoms with van der Waals surface area (Å²) in [6, 6.07) is 9.59.